The van der Waals surface area contributed by atoms with Crippen molar-refractivity contribution in [3.05, 3.63) is 31.3 Å². The summed E-state index contributed by atoms with van der Waals surface area (Å²) >= 11 is 2.29. The normalized spacial score (nSPS) is 25.2. The van der Waals surface area contributed by atoms with Gasteiger partial charge in [-0.15, -0.1) is 29.3 Å². The van der Waals surface area contributed by atoms with E-state index < -0.39 is 34.4 Å². The molecule has 3 atom stereocenters. The van der Waals surface area contributed by atoms with E-state index in [1.165, 1.54) is 18.8 Å². The van der Waals surface area contributed by atoms with Crippen LogP contribution in [0.2, 0.25) is 0 Å². The minimum Gasteiger partial charge on any atom is -0.477 e. The van der Waals surface area contributed by atoms with Crippen LogP contribution in [0.1, 0.15) is 6.92 Å². The molecule has 2 aliphatic heterocycles. The molecule has 1 fully saturated rings. The minimum absolute atomic E-state index is 0. The number of thioether (sulfide) groups is 2. The van der Waals surface area contributed by atoms with E-state index in [1.807, 2.05) is 0 Å². The van der Waals surface area contributed by atoms with Crippen molar-refractivity contribution >= 4 is 47.8 Å². The van der Waals surface area contributed by atoms with Gasteiger partial charge in [-0.1, -0.05) is 11.8 Å². The van der Waals surface area contributed by atoms with Crippen molar-refractivity contribution in [2.24, 2.45) is 12.8 Å². The number of halogens is 1. The lowest BCUT2D eigenvalue weighted by Crippen LogP contribution is -2.68. The third kappa shape index (κ3) is 2.99. The number of H-pyrrole nitrogens is 1. The minimum atomic E-state index is -1.26. The van der Waals surface area contributed by atoms with Crippen LogP contribution in [0, 0.1) is 0 Å². The zero-order valence-electron chi connectivity index (χ0n) is 13.0. The fourth-order valence-electron chi connectivity index (χ4n) is 2.44. The maximum Gasteiger partial charge on any atom is 0.353 e. The molecule has 1 aromatic rings. The molecular weight excluding hydrogens is 394 g/mol. The van der Waals surface area contributed by atoms with Crippen LogP contribution in [-0.2, 0) is 16.6 Å². The van der Waals surface area contributed by atoms with E-state index in [-0.39, 0.29) is 28.5 Å². The quantitative estimate of drug-likeness (QED) is 0.419. The molecule has 1 aromatic heterocycles. The number of hydrogen-bond acceptors (Lipinski definition) is 8. The highest BCUT2D eigenvalue weighted by Crippen LogP contribution is 2.47. The van der Waals surface area contributed by atoms with E-state index in [9.17, 15) is 24.3 Å². The fraction of sp³-hybridized carbons (Fsp3) is 0.417. The SMILES string of the molecule is CC1S[C@@H]2C(N)C(=O)N2C(C(=O)O)=C1Sc1n[nH]c(=O)c(=O)n1C.Cl. The number of carboxylic acids is 1. The predicted molar refractivity (Wildman–Crippen MR) is 93.5 cm³/mol. The number of nitrogens with zero attached hydrogens (tertiary/aromatic N) is 3. The van der Waals surface area contributed by atoms with Gasteiger partial charge in [-0.05, 0) is 6.92 Å². The zero-order chi connectivity index (χ0) is 17.8. The van der Waals surface area contributed by atoms with E-state index >= 15 is 0 Å². The van der Waals surface area contributed by atoms with E-state index in [0.29, 0.717) is 4.91 Å². The second-order valence-corrected chi connectivity index (χ2v) is 7.69. The number of hydrogen-bond donors (Lipinski definition) is 3. The van der Waals surface area contributed by atoms with Crippen molar-refractivity contribution in [3.63, 3.8) is 0 Å². The highest BCUT2D eigenvalue weighted by molar-refractivity contribution is 8.06. The van der Waals surface area contributed by atoms with Crippen LogP contribution in [0.3, 0.4) is 0 Å². The number of fused-ring (bicyclic) bond motifs is 1. The van der Waals surface area contributed by atoms with Crippen molar-refractivity contribution < 1.29 is 14.7 Å². The van der Waals surface area contributed by atoms with Gasteiger partial charge in [-0.3, -0.25) is 23.9 Å². The van der Waals surface area contributed by atoms with Crippen LogP contribution in [-0.4, -0.2) is 53.3 Å². The molecular formula is C12H14ClN5O5S2. The molecule has 10 nitrogen and oxygen atoms in total. The maximum absolute atomic E-state index is 11.9. The van der Waals surface area contributed by atoms with E-state index in [2.05, 4.69) is 10.2 Å². The summed E-state index contributed by atoms with van der Waals surface area (Å²) < 4.78 is 1.03. The molecule has 25 heavy (non-hydrogen) atoms. The Hall–Kier alpha value is -1.76. The predicted octanol–water partition coefficient (Wildman–Crippen LogP) is -1.09. The average molecular weight is 408 g/mol. The second kappa shape index (κ2) is 6.86. The first-order valence-corrected chi connectivity index (χ1v) is 8.55. The van der Waals surface area contributed by atoms with E-state index in [0.717, 1.165) is 21.2 Å². The van der Waals surface area contributed by atoms with E-state index in [1.54, 1.807) is 6.92 Å². The Morgan fingerprint density at radius 3 is 2.64 bits per heavy atom. The molecule has 2 unspecified atom stereocenters. The third-order valence-corrected chi connectivity index (χ3v) is 6.60. The highest BCUT2D eigenvalue weighted by Gasteiger charge is 2.53. The molecule has 0 aliphatic carbocycles. The van der Waals surface area contributed by atoms with Gasteiger partial charge >= 0.3 is 17.1 Å². The maximum atomic E-state index is 11.9. The van der Waals surface area contributed by atoms with Crippen LogP contribution >= 0.6 is 35.9 Å². The number of carbonyl (C=O) groups excluding carboxylic acids is 1. The lowest BCUT2D eigenvalue weighted by molar-refractivity contribution is -0.147. The average Bonchev–Trinajstić information content (AvgIpc) is 2.55. The smallest absolute Gasteiger partial charge is 0.353 e. The molecule has 3 rings (SSSR count). The van der Waals surface area contributed by atoms with Gasteiger partial charge in [0, 0.05) is 17.2 Å². The van der Waals surface area contributed by atoms with Crippen molar-refractivity contribution in [2.45, 2.75) is 28.7 Å². The number of aliphatic carboxylic acids is 1. The summed E-state index contributed by atoms with van der Waals surface area (Å²) in [5.74, 6) is -1.72. The van der Waals surface area contributed by atoms with Gasteiger partial charge in [0.25, 0.3) is 0 Å². The van der Waals surface area contributed by atoms with Crippen molar-refractivity contribution in [3.8, 4) is 0 Å². The Morgan fingerprint density at radius 2 is 2.04 bits per heavy atom. The Labute approximate surface area is 155 Å². The number of carbonyl (C=O) groups is 2. The molecule has 2 aliphatic rings. The molecule has 136 valence electrons. The van der Waals surface area contributed by atoms with Gasteiger partial charge in [-0.25, -0.2) is 9.89 Å². The largest absolute Gasteiger partial charge is 0.477 e. The lowest BCUT2D eigenvalue weighted by Gasteiger charge is -2.49. The Bertz CT molecular complexity index is 897. The number of aromatic nitrogens is 3. The van der Waals surface area contributed by atoms with E-state index in [4.69, 9.17) is 5.73 Å². The lowest BCUT2D eigenvalue weighted by atomic mass is 10.1. The standard InChI is InChI=1S/C12H13N5O5S2.ClH/c1-3-6(24-12-15-14-7(18)9(20)16(12)2)5(11(21)22)17-8(19)4(13)10(17)23-3;/h3-4,10H,13H2,1-2H3,(H,14,18)(H,21,22);1H/t3?,4?,10-;/m1./s1. The van der Waals surface area contributed by atoms with Crippen molar-refractivity contribution in [1.29, 1.82) is 0 Å². The Kier molecular flexibility index (Phi) is 5.37. The zero-order valence-corrected chi connectivity index (χ0v) is 15.4. The molecule has 1 saturated heterocycles. The first kappa shape index (κ1) is 19.6. The number of rotatable bonds is 3. The van der Waals surface area contributed by atoms with Crippen LogP contribution in [0.15, 0.2) is 25.3 Å². The van der Waals surface area contributed by atoms with Gasteiger partial charge in [0.1, 0.15) is 17.1 Å². The number of carboxylic acid groups (broad SMARTS) is 1. The van der Waals surface area contributed by atoms with Crippen LogP contribution in [0.25, 0.3) is 0 Å². The van der Waals surface area contributed by atoms with Crippen molar-refractivity contribution in [1.82, 2.24) is 19.7 Å². The number of aromatic amines is 1. The van der Waals surface area contributed by atoms with Gasteiger partial charge in [0.15, 0.2) is 5.16 Å². The van der Waals surface area contributed by atoms with Crippen molar-refractivity contribution in [2.75, 3.05) is 0 Å². The number of amides is 1. The number of β-lactam (4-membered cyclic amide) rings is 1. The van der Waals surface area contributed by atoms with Gasteiger partial charge in [-0.2, -0.15) is 0 Å². The first-order valence-electron chi connectivity index (χ1n) is 6.79. The molecule has 0 spiro atoms. The molecule has 0 radical (unpaired) electrons. The summed E-state index contributed by atoms with van der Waals surface area (Å²) in [6.07, 6.45) is 0. The molecule has 1 amide bonds. The third-order valence-electron chi connectivity index (χ3n) is 3.71. The molecule has 3 heterocycles. The summed E-state index contributed by atoms with van der Waals surface area (Å²) in [4.78, 5) is 48.1. The van der Waals surface area contributed by atoms with Gasteiger partial charge in [0.05, 0.1) is 0 Å². The molecule has 0 bridgehead atoms. The molecule has 13 heteroatoms. The van der Waals surface area contributed by atoms with Gasteiger partial charge < -0.3 is 10.8 Å². The van der Waals surface area contributed by atoms with Gasteiger partial charge in [0.2, 0.25) is 5.91 Å². The first-order chi connectivity index (χ1) is 11.2. The number of nitrogens with one attached hydrogen (secondary N) is 1. The van der Waals surface area contributed by atoms with Crippen LogP contribution in [0.5, 0.6) is 0 Å². The molecule has 4 N–H and O–H groups in total. The summed E-state index contributed by atoms with van der Waals surface area (Å²) in [6.45, 7) is 1.78. The van der Waals surface area contributed by atoms with Crippen LogP contribution < -0.4 is 16.9 Å². The summed E-state index contributed by atoms with van der Waals surface area (Å²) in [5.41, 5.74) is 3.89. The fourth-order valence-corrected chi connectivity index (χ4v) is 4.98. The van der Waals surface area contributed by atoms with Crippen LogP contribution in [0.4, 0.5) is 0 Å². The Balaban J connectivity index is 0.00000225. The summed E-state index contributed by atoms with van der Waals surface area (Å²) in [7, 11) is 1.36. The topological polar surface area (TPSA) is 151 Å². The molecule has 0 saturated carbocycles. The monoisotopic (exact) mass is 407 g/mol. The summed E-state index contributed by atoms with van der Waals surface area (Å²) in [6, 6.07) is -0.728. The second-order valence-electron chi connectivity index (χ2n) is 5.22. The summed E-state index contributed by atoms with van der Waals surface area (Å²) in [5, 5.41) is 14.8. The molecule has 0 aromatic carbocycles. The highest BCUT2D eigenvalue weighted by atomic mass is 35.5. The number of nitrogens with two attached hydrogens (primary N) is 1. The Morgan fingerprint density at radius 1 is 1.40 bits per heavy atom.